The van der Waals surface area contributed by atoms with Gasteiger partial charge in [-0.3, -0.25) is 14.5 Å². The number of nitrogens with zero attached hydrogens (tertiary/aromatic N) is 3. The highest BCUT2D eigenvalue weighted by Crippen LogP contribution is 2.36. The summed E-state index contributed by atoms with van der Waals surface area (Å²) in [6.45, 7) is 3.33. The number of nitrogens with one attached hydrogen (secondary N) is 1. The third-order valence-electron chi connectivity index (χ3n) is 5.77. The summed E-state index contributed by atoms with van der Waals surface area (Å²) in [5.41, 5.74) is 7.50. The number of carbonyl (C=O) groups excluding carboxylic acids is 2. The fourth-order valence-electron chi connectivity index (χ4n) is 4.25. The van der Waals surface area contributed by atoms with E-state index in [2.05, 4.69) is 10.2 Å². The molecule has 1 unspecified atom stereocenters. The van der Waals surface area contributed by atoms with Gasteiger partial charge in [-0.05, 0) is 50.9 Å². The highest BCUT2D eigenvalue weighted by molar-refractivity contribution is 7.21. The number of hydrogen-bond donors (Lipinski definition) is 2. The number of piperidine rings is 1. The van der Waals surface area contributed by atoms with Crippen LogP contribution in [0, 0.1) is 0 Å². The van der Waals surface area contributed by atoms with Crippen LogP contribution in [0.3, 0.4) is 0 Å². The van der Waals surface area contributed by atoms with Gasteiger partial charge in [-0.1, -0.05) is 6.42 Å². The van der Waals surface area contributed by atoms with Crippen molar-refractivity contribution in [1.82, 2.24) is 20.1 Å². The summed E-state index contributed by atoms with van der Waals surface area (Å²) in [5, 5.41) is 3.42. The fourth-order valence-corrected chi connectivity index (χ4v) is 5.30. The number of likely N-dealkylation sites (tertiary alicyclic amines) is 2. The summed E-state index contributed by atoms with van der Waals surface area (Å²) in [6, 6.07) is 3.89. The van der Waals surface area contributed by atoms with Crippen LogP contribution in [0.2, 0.25) is 0 Å². The number of carbonyl (C=O) groups is 2. The minimum atomic E-state index is -0.193. The van der Waals surface area contributed by atoms with E-state index in [0.717, 1.165) is 48.4 Å². The van der Waals surface area contributed by atoms with Crippen LogP contribution in [0.15, 0.2) is 12.1 Å². The van der Waals surface area contributed by atoms with Crippen molar-refractivity contribution in [3.05, 3.63) is 22.7 Å². The number of hydrogen-bond acceptors (Lipinski definition) is 6. The minimum Gasteiger partial charge on any atom is -0.397 e. The molecule has 0 bridgehead atoms. The second kappa shape index (κ2) is 8.05. The van der Waals surface area contributed by atoms with Crippen LogP contribution in [0.4, 0.5) is 5.69 Å². The average molecular weight is 402 g/mol. The van der Waals surface area contributed by atoms with Crippen LogP contribution in [0.5, 0.6) is 0 Å². The van der Waals surface area contributed by atoms with Crippen LogP contribution < -0.4 is 11.1 Å². The molecule has 3 N–H and O–H groups in total. The number of anilines is 1. The summed E-state index contributed by atoms with van der Waals surface area (Å²) >= 11 is 1.31. The molecule has 0 saturated carbocycles. The van der Waals surface area contributed by atoms with E-state index < -0.39 is 0 Å². The molecule has 4 heterocycles. The van der Waals surface area contributed by atoms with Gasteiger partial charge in [0.15, 0.2) is 0 Å². The Labute approximate surface area is 168 Å². The van der Waals surface area contributed by atoms with E-state index in [4.69, 9.17) is 10.7 Å². The Hall–Kier alpha value is -2.19. The minimum absolute atomic E-state index is 0.00784. The van der Waals surface area contributed by atoms with Crippen molar-refractivity contribution < 1.29 is 9.59 Å². The number of amides is 2. The molecule has 2 aromatic rings. The van der Waals surface area contributed by atoms with Gasteiger partial charge in [0.1, 0.15) is 9.71 Å². The molecular weight excluding hydrogens is 374 g/mol. The van der Waals surface area contributed by atoms with E-state index in [1.54, 1.807) is 7.05 Å². The number of aromatic nitrogens is 1. The lowest BCUT2D eigenvalue weighted by atomic mass is 10.1. The maximum Gasteiger partial charge on any atom is 0.263 e. The first-order valence-corrected chi connectivity index (χ1v) is 10.8. The molecule has 2 saturated heterocycles. The van der Waals surface area contributed by atoms with Crippen LogP contribution in [0.25, 0.3) is 10.2 Å². The Balaban J connectivity index is 1.55. The van der Waals surface area contributed by atoms with Crippen molar-refractivity contribution in [3.8, 4) is 0 Å². The van der Waals surface area contributed by atoms with Crippen LogP contribution in [-0.2, 0) is 4.79 Å². The second-order valence-corrected chi connectivity index (χ2v) is 8.59. The van der Waals surface area contributed by atoms with Crippen LogP contribution >= 0.6 is 11.3 Å². The Morgan fingerprint density at radius 3 is 2.75 bits per heavy atom. The number of fused-ring (bicyclic) bond motifs is 1. The van der Waals surface area contributed by atoms with Gasteiger partial charge in [0.05, 0.1) is 24.0 Å². The van der Waals surface area contributed by atoms with E-state index in [1.807, 2.05) is 17.0 Å². The fraction of sp³-hybridized carbons (Fsp3) is 0.550. The molecule has 8 heteroatoms. The Bertz CT molecular complexity index is 890. The summed E-state index contributed by atoms with van der Waals surface area (Å²) in [5.74, 6) is 0.00397. The first-order chi connectivity index (χ1) is 13.6. The predicted octanol–water partition coefficient (Wildman–Crippen LogP) is 2.39. The highest BCUT2D eigenvalue weighted by Gasteiger charge is 2.32. The predicted molar refractivity (Wildman–Crippen MR) is 111 cm³/mol. The van der Waals surface area contributed by atoms with Crippen LogP contribution in [-0.4, -0.2) is 59.8 Å². The average Bonchev–Trinajstić information content (AvgIpc) is 3.33. The standard InChI is InChI=1S/C20H27N5O2S/c1-22-19(27)18-17(21)13-7-8-14(23-20(13)28-18)15-6-5-11-25(15)16(26)12-24-9-3-2-4-10-24/h7-8,15H,2-6,9-12,21H2,1H3,(H,22,27). The zero-order valence-corrected chi connectivity index (χ0v) is 17.1. The van der Waals surface area contributed by atoms with Crippen molar-refractivity contribution in [2.75, 3.05) is 39.0 Å². The largest absolute Gasteiger partial charge is 0.397 e. The van der Waals surface area contributed by atoms with E-state index in [0.29, 0.717) is 17.1 Å². The van der Waals surface area contributed by atoms with E-state index in [-0.39, 0.29) is 17.9 Å². The van der Waals surface area contributed by atoms with Gasteiger partial charge in [0.25, 0.3) is 5.91 Å². The van der Waals surface area contributed by atoms with Gasteiger partial charge < -0.3 is 16.0 Å². The molecular formula is C20H27N5O2S. The van der Waals surface area contributed by atoms with E-state index in [9.17, 15) is 9.59 Å². The van der Waals surface area contributed by atoms with Gasteiger partial charge in [0, 0.05) is 19.0 Å². The zero-order chi connectivity index (χ0) is 19.7. The van der Waals surface area contributed by atoms with Gasteiger partial charge >= 0.3 is 0 Å². The molecule has 0 spiro atoms. The molecule has 7 nitrogen and oxygen atoms in total. The molecule has 2 aliphatic rings. The molecule has 2 amide bonds. The summed E-state index contributed by atoms with van der Waals surface area (Å²) in [6.07, 6.45) is 5.55. The molecule has 0 radical (unpaired) electrons. The number of nitrogen functional groups attached to an aromatic ring is 1. The number of nitrogens with two attached hydrogens (primary N) is 1. The van der Waals surface area contributed by atoms with Crippen molar-refractivity contribution in [2.45, 2.75) is 38.1 Å². The molecule has 2 fully saturated rings. The van der Waals surface area contributed by atoms with Crippen molar-refractivity contribution in [3.63, 3.8) is 0 Å². The third kappa shape index (κ3) is 3.58. The number of pyridine rings is 1. The second-order valence-electron chi connectivity index (χ2n) is 7.59. The lowest BCUT2D eigenvalue weighted by Gasteiger charge is -2.30. The summed E-state index contributed by atoms with van der Waals surface area (Å²) in [4.78, 5) is 35.2. The normalized spacial score (nSPS) is 20.6. The molecule has 0 aliphatic carbocycles. The molecule has 0 aromatic carbocycles. The van der Waals surface area contributed by atoms with E-state index in [1.165, 1.54) is 30.6 Å². The van der Waals surface area contributed by atoms with Gasteiger partial charge in [0.2, 0.25) is 5.91 Å². The Kier molecular flexibility index (Phi) is 5.50. The number of rotatable bonds is 4. The first kappa shape index (κ1) is 19.1. The SMILES string of the molecule is CNC(=O)c1sc2nc(C3CCCN3C(=O)CN3CCCCC3)ccc2c1N. The van der Waals surface area contributed by atoms with Crippen molar-refractivity contribution >= 4 is 39.1 Å². The lowest BCUT2D eigenvalue weighted by Crippen LogP contribution is -2.42. The van der Waals surface area contributed by atoms with Gasteiger partial charge in [-0.2, -0.15) is 0 Å². The maximum absolute atomic E-state index is 12.9. The lowest BCUT2D eigenvalue weighted by molar-refractivity contribution is -0.133. The number of thiophene rings is 1. The molecule has 4 rings (SSSR count). The van der Waals surface area contributed by atoms with Crippen molar-refractivity contribution in [2.24, 2.45) is 0 Å². The smallest absolute Gasteiger partial charge is 0.263 e. The molecule has 28 heavy (non-hydrogen) atoms. The zero-order valence-electron chi connectivity index (χ0n) is 16.2. The maximum atomic E-state index is 12.9. The molecule has 1 atom stereocenters. The van der Waals surface area contributed by atoms with E-state index >= 15 is 0 Å². The van der Waals surface area contributed by atoms with Gasteiger partial charge in [-0.25, -0.2) is 4.98 Å². The highest BCUT2D eigenvalue weighted by atomic mass is 32.1. The van der Waals surface area contributed by atoms with Gasteiger partial charge in [-0.15, -0.1) is 11.3 Å². The summed E-state index contributed by atoms with van der Waals surface area (Å²) < 4.78 is 0. The molecule has 2 aromatic heterocycles. The quantitative estimate of drug-likeness (QED) is 0.821. The first-order valence-electron chi connectivity index (χ1n) is 10.0. The molecule has 150 valence electrons. The van der Waals surface area contributed by atoms with Crippen molar-refractivity contribution in [1.29, 1.82) is 0 Å². The molecule has 2 aliphatic heterocycles. The topological polar surface area (TPSA) is 91.6 Å². The Morgan fingerprint density at radius 1 is 1.21 bits per heavy atom. The summed E-state index contributed by atoms with van der Waals surface area (Å²) in [7, 11) is 1.59. The Morgan fingerprint density at radius 2 is 2.00 bits per heavy atom. The monoisotopic (exact) mass is 401 g/mol. The third-order valence-corrected chi connectivity index (χ3v) is 6.88. The van der Waals surface area contributed by atoms with Crippen LogP contribution in [0.1, 0.15) is 53.5 Å².